The normalized spacial score (nSPS) is 11.1. The topological polar surface area (TPSA) is 40.7 Å². The molecule has 15 heavy (non-hydrogen) atoms. The number of nitrogens with zero attached hydrogens (tertiary/aromatic N) is 1. The average molecular weight is 224 g/mol. The van der Waals surface area contributed by atoms with E-state index in [-0.39, 0.29) is 0 Å². The van der Waals surface area contributed by atoms with Gasteiger partial charge in [0, 0.05) is 19.0 Å². The van der Waals surface area contributed by atoms with E-state index in [9.17, 15) is 0 Å². The maximum atomic E-state index is 5.59. The first kappa shape index (κ1) is 10.5. The Hall–Kier alpha value is -1.06. The number of aromatic nitrogens is 2. The molecule has 0 unspecified atom stereocenters. The van der Waals surface area contributed by atoms with Crippen LogP contribution in [-0.2, 0) is 6.54 Å². The van der Waals surface area contributed by atoms with Crippen LogP contribution in [0.4, 0.5) is 0 Å². The number of H-pyrrole nitrogens is 1. The van der Waals surface area contributed by atoms with Crippen molar-refractivity contribution in [3.05, 3.63) is 29.6 Å². The predicted molar refractivity (Wildman–Crippen MR) is 63.3 cm³/mol. The predicted octanol–water partition coefficient (Wildman–Crippen LogP) is 2.20. The summed E-state index contributed by atoms with van der Waals surface area (Å²) in [6, 6.07) is 6.25. The summed E-state index contributed by atoms with van der Waals surface area (Å²) in [4.78, 5) is 7.58. The number of imidazole rings is 1. The highest BCUT2D eigenvalue weighted by Gasteiger charge is 2.00. The third kappa shape index (κ3) is 2.49. The fraction of sp³-hybridized carbons (Fsp3) is 0.364. The lowest BCUT2D eigenvalue weighted by atomic mass is 10.2. The van der Waals surface area contributed by atoms with Crippen LogP contribution < -0.4 is 5.32 Å². The zero-order chi connectivity index (χ0) is 10.7. The number of nitrogens with one attached hydrogen (secondary N) is 2. The van der Waals surface area contributed by atoms with Gasteiger partial charge in [-0.1, -0.05) is 6.07 Å². The Kier molecular flexibility index (Phi) is 3.23. The molecule has 80 valence electrons. The number of hydrogen-bond donors (Lipinski definition) is 2. The molecule has 0 aliphatic heterocycles. The van der Waals surface area contributed by atoms with Gasteiger partial charge in [-0.25, -0.2) is 4.98 Å². The second-order valence-electron chi connectivity index (χ2n) is 3.54. The van der Waals surface area contributed by atoms with Crippen LogP contribution in [-0.4, -0.2) is 22.4 Å². The molecule has 0 aliphatic carbocycles. The lowest BCUT2D eigenvalue weighted by Crippen LogP contribution is -2.15. The van der Waals surface area contributed by atoms with Gasteiger partial charge in [-0.3, -0.25) is 0 Å². The maximum Gasteiger partial charge on any atom is 0.104 e. The number of benzene rings is 1. The monoisotopic (exact) mass is 223 g/mol. The molecule has 3 nitrogen and oxygen atoms in total. The minimum Gasteiger partial charge on any atom is -0.342 e. The maximum absolute atomic E-state index is 5.59. The number of alkyl halides is 1. The minimum atomic E-state index is 0.644. The highest BCUT2D eigenvalue weighted by molar-refractivity contribution is 6.18. The van der Waals surface area contributed by atoms with Gasteiger partial charge in [-0.15, -0.1) is 11.6 Å². The molecule has 1 aromatic carbocycles. The van der Waals surface area contributed by atoms with Crippen LogP contribution in [0.2, 0.25) is 0 Å². The van der Waals surface area contributed by atoms with Gasteiger partial charge in [0.05, 0.1) is 11.0 Å². The number of halogens is 1. The first-order chi connectivity index (χ1) is 7.29. The van der Waals surface area contributed by atoms with Crippen LogP contribution >= 0.6 is 11.6 Å². The molecule has 2 aromatic rings. The van der Waals surface area contributed by atoms with E-state index in [4.69, 9.17) is 11.6 Å². The van der Waals surface area contributed by atoms with Crippen molar-refractivity contribution in [2.24, 2.45) is 0 Å². The Labute approximate surface area is 93.9 Å². The molecule has 0 saturated heterocycles. The molecular formula is C11H14ClN3. The molecule has 1 aromatic heterocycles. The molecule has 1 heterocycles. The van der Waals surface area contributed by atoms with E-state index in [1.165, 1.54) is 5.56 Å². The molecule has 0 saturated carbocycles. The van der Waals surface area contributed by atoms with Crippen molar-refractivity contribution in [2.75, 3.05) is 12.4 Å². The van der Waals surface area contributed by atoms with E-state index in [2.05, 4.69) is 27.4 Å². The molecule has 0 bridgehead atoms. The molecule has 0 amide bonds. The van der Waals surface area contributed by atoms with E-state index in [0.717, 1.165) is 29.9 Å². The van der Waals surface area contributed by atoms with Crippen molar-refractivity contribution in [1.82, 2.24) is 15.3 Å². The molecule has 0 aliphatic rings. The molecule has 2 N–H and O–H groups in total. The van der Waals surface area contributed by atoms with Gasteiger partial charge in [0.2, 0.25) is 0 Å². The highest BCUT2D eigenvalue weighted by atomic mass is 35.5. The van der Waals surface area contributed by atoms with Gasteiger partial charge in [-0.05, 0) is 24.6 Å². The van der Waals surface area contributed by atoms with E-state index < -0.39 is 0 Å². The minimum absolute atomic E-state index is 0.644. The number of aryl methyl sites for hydroxylation is 1. The van der Waals surface area contributed by atoms with Crippen molar-refractivity contribution in [1.29, 1.82) is 0 Å². The molecule has 4 heteroatoms. The largest absolute Gasteiger partial charge is 0.342 e. The number of rotatable bonds is 4. The average Bonchev–Trinajstić information content (AvgIpc) is 2.57. The van der Waals surface area contributed by atoms with Crippen molar-refractivity contribution >= 4 is 22.6 Å². The SMILES string of the molecule is Cc1nc2ccc(CNCCCl)cc2[nH]1. The molecule has 0 spiro atoms. The standard InChI is InChI=1S/C11H14ClN3/c1-8-14-10-3-2-9(6-11(10)15-8)7-13-5-4-12/h2-3,6,13H,4-5,7H2,1H3,(H,14,15). The van der Waals surface area contributed by atoms with Crippen LogP contribution in [0.1, 0.15) is 11.4 Å². The lowest BCUT2D eigenvalue weighted by molar-refractivity contribution is 0.731. The zero-order valence-corrected chi connectivity index (χ0v) is 9.43. The van der Waals surface area contributed by atoms with Crippen LogP contribution in [0.5, 0.6) is 0 Å². The summed E-state index contributed by atoms with van der Waals surface area (Å²) in [7, 11) is 0. The van der Waals surface area contributed by atoms with Crippen LogP contribution in [0.3, 0.4) is 0 Å². The van der Waals surface area contributed by atoms with Crippen molar-refractivity contribution in [3.63, 3.8) is 0 Å². The second kappa shape index (κ2) is 4.64. The van der Waals surface area contributed by atoms with Gasteiger partial charge >= 0.3 is 0 Å². The lowest BCUT2D eigenvalue weighted by Gasteiger charge is -2.02. The smallest absolute Gasteiger partial charge is 0.104 e. The van der Waals surface area contributed by atoms with Crippen LogP contribution in [0.25, 0.3) is 11.0 Å². The highest BCUT2D eigenvalue weighted by Crippen LogP contribution is 2.13. The Bertz CT molecular complexity index is 450. The van der Waals surface area contributed by atoms with Crippen molar-refractivity contribution in [3.8, 4) is 0 Å². The third-order valence-corrected chi connectivity index (χ3v) is 2.45. The van der Waals surface area contributed by atoms with Gasteiger partial charge in [0.1, 0.15) is 5.82 Å². The molecule has 0 radical (unpaired) electrons. The summed E-state index contributed by atoms with van der Waals surface area (Å²) < 4.78 is 0. The van der Waals surface area contributed by atoms with Crippen LogP contribution in [0, 0.1) is 6.92 Å². The first-order valence-corrected chi connectivity index (χ1v) is 5.55. The second-order valence-corrected chi connectivity index (χ2v) is 3.92. The van der Waals surface area contributed by atoms with Gasteiger partial charge in [0.25, 0.3) is 0 Å². The Morgan fingerprint density at radius 2 is 2.33 bits per heavy atom. The van der Waals surface area contributed by atoms with E-state index in [1.54, 1.807) is 0 Å². The van der Waals surface area contributed by atoms with E-state index in [0.29, 0.717) is 5.88 Å². The first-order valence-electron chi connectivity index (χ1n) is 5.01. The summed E-state index contributed by atoms with van der Waals surface area (Å²) in [6.07, 6.45) is 0. The molecular weight excluding hydrogens is 210 g/mol. The van der Waals surface area contributed by atoms with Crippen molar-refractivity contribution < 1.29 is 0 Å². The zero-order valence-electron chi connectivity index (χ0n) is 8.68. The van der Waals surface area contributed by atoms with E-state index in [1.807, 2.05) is 13.0 Å². The number of aromatic amines is 1. The molecule has 2 rings (SSSR count). The van der Waals surface area contributed by atoms with E-state index >= 15 is 0 Å². The summed E-state index contributed by atoms with van der Waals surface area (Å²) in [5.41, 5.74) is 3.36. The van der Waals surface area contributed by atoms with Crippen molar-refractivity contribution in [2.45, 2.75) is 13.5 Å². The number of hydrogen-bond acceptors (Lipinski definition) is 2. The number of fused-ring (bicyclic) bond motifs is 1. The Morgan fingerprint density at radius 1 is 1.47 bits per heavy atom. The summed E-state index contributed by atoms with van der Waals surface area (Å²) in [5.74, 6) is 1.60. The van der Waals surface area contributed by atoms with Gasteiger partial charge in [-0.2, -0.15) is 0 Å². The fourth-order valence-electron chi connectivity index (χ4n) is 1.59. The summed E-state index contributed by atoms with van der Waals surface area (Å²) in [5, 5.41) is 3.26. The summed E-state index contributed by atoms with van der Waals surface area (Å²) >= 11 is 5.59. The summed E-state index contributed by atoms with van der Waals surface area (Å²) in [6.45, 7) is 3.65. The quantitative estimate of drug-likeness (QED) is 0.616. The van der Waals surface area contributed by atoms with Gasteiger partial charge < -0.3 is 10.3 Å². The Morgan fingerprint density at radius 3 is 3.13 bits per heavy atom. The van der Waals surface area contributed by atoms with Gasteiger partial charge in [0.15, 0.2) is 0 Å². The Balaban J connectivity index is 2.15. The fourth-order valence-corrected chi connectivity index (χ4v) is 1.73. The third-order valence-electron chi connectivity index (χ3n) is 2.27. The van der Waals surface area contributed by atoms with Crippen LogP contribution in [0.15, 0.2) is 18.2 Å². The molecule has 0 fully saturated rings. The molecule has 0 atom stereocenters.